The first-order valence-electron chi connectivity index (χ1n) is 15.9. The number of rotatable bonds is 16. The summed E-state index contributed by atoms with van der Waals surface area (Å²) in [6.45, 7) is 9.61. The molecule has 0 bridgehead atoms. The highest BCUT2D eigenvalue weighted by Crippen LogP contribution is 2.35. The van der Waals surface area contributed by atoms with Crippen LogP contribution in [0.3, 0.4) is 0 Å². The number of carboxylic acid groups (broad SMARTS) is 1. The number of H-pyrrole nitrogens is 1. The van der Waals surface area contributed by atoms with Crippen LogP contribution in [0, 0.1) is 18.8 Å². The molecule has 1 aromatic heterocycles. The molecule has 248 valence electrons. The monoisotopic (exact) mass is 657 g/mol. The van der Waals surface area contributed by atoms with Crippen LogP contribution in [0.25, 0.3) is 10.9 Å². The molecule has 0 spiro atoms. The van der Waals surface area contributed by atoms with E-state index < -0.39 is 56.8 Å². The average molecular weight is 658 g/mol. The van der Waals surface area contributed by atoms with Crippen molar-refractivity contribution < 1.29 is 28.8 Å². The summed E-state index contributed by atoms with van der Waals surface area (Å²) in [5, 5.41) is 17.9. The Bertz CT molecular complexity index is 1650. The number of aromatic amines is 1. The zero-order chi connectivity index (χ0) is 34.1. The standard InChI is InChI=1S/C37H44N3O6P/c1-23(2)19-28-34-25(5)13-12-18-29(34)38-35(28)37(45)40-31(20-24(3)4)36(44)39-30(21-33(42)43)32(41)22-46-47(26-14-8-6-9-15-26)27-16-10-7-11-17-27/h6-18,23-24,30-31,38H,19-22H2,1-5H3,(H,39,44)(H,40,45)(H,42,43)/t30?,31-/m0/s1. The molecular formula is C37H44N3O6P. The molecule has 0 saturated carbocycles. The second-order valence-corrected chi connectivity index (χ2v) is 14.5. The fourth-order valence-electron chi connectivity index (χ4n) is 5.59. The molecule has 9 nitrogen and oxygen atoms in total. The van der Waals surface area contributed by atoms with E-state index in [1.54, 1.807) is 0 Å². The van der Waals surface area contributed by atoms with Crippen LogP contribution in [-0.2, 0) is 25.3 Å². The largest absolute Gasteiger partial charge is 0.481 e. The zero-order valence-corrected chi connectivity index (χ0v) is 28.5. The van der Waals surface area contributed by atoms with Crippen molar-refractivity contribution in [2.75, 3.05) is 6.61 Å². The van der Waals surface area contributed by atoms with Crippen molar-refractivity contribution in [2.24, 2.45) is 11.8 Å². The minimum absolute atomic E-state index is 0.0170. The van der Waals surface area contributed by atoms with Crippen molar-refractivity contribution in [1.29, 1.82) is 0 Å². The molecule has 4 N–H and O–H groups in total. The van der Waals surface area contributed by atoms with Gasteiger partial charge in [0.25, 0.3) is 5.91 Å². The van der Waals surface area contributed by atoms with Crippen LogP contribution in [0.1, 0.15) is 62.2 Å². The fraction of sp³-hybridized carbons (Fsp3) is 0.351. The van der Waals surface area contributed by atoms with Gasteiger partial charge in [-0.15, -0.1) is 0 Å². The van der Waals surface area contributed by atoms with Crippen molar-refractivity contribution in [2.45, 2.75) is 66.0 Å². The highest BCUT2D eigenvalue weighted by molar-refractivity contribution is 7.68. The number of amides is 2. The first kappa shape index (κ1) is 35.5. The number of fused-ring (bicyclic) bond motifs is 1. The predicted molar refractivity (Wildman–Crippen MR) is 187 cm³/mol. The molecule has 0 aliphatic carbocycles. The molecule has 0 radical (unpaired) electrons. The highest BCUT2D eigenvalue weighted by atomic mass is 31.1. The lowest BCUT2D eigenvalue weighted by Gasteiger charge is -2.24. The van der Waals surface area contributed by atoms with E-state index in [1.165, 1.54) is 0 Å². The highest BCUT2D eigenvalue weighted by Gasteiger charge is 2.31. The molecule has 47 heavy (non-hydrogen) atoms. The average Bonchev–Trinajstić information content (AvgIpc) is 3.40. The molecule has 0 fully saturated rings. The molecule has 3 aromatic carbocycles. The number of carbonyl (C=O) groups is 4. The molecule has 2 atom stereocenters. The minimum atomic E-state index is -1.37. The lowest BCUT2D eigenvalue weighted by atomic mass is 9.96. The van der Waals surface area contributed by atoms with E-state index in [-0.39, 0.29) is 18.3 Å². The van der Waals surface area contributed by atoms with Crippen LogP contribution in [-0.4, -0.2) is 52.3 Å². The lowest BCUT2D eigenvalue weighted by molar-refractivity contribution is -0.140. The third-order valence-electron chi connectivity index (χ3n) is 7.71. The van der Waals surface area contributed by atoms with Gasteiger partial charge in [-0.1, -0.05) is 100 Å². The molecule has 4 rings (SSSR count). The first-order valence-corrected chi connectivity index (χ1v) is 17.2. The molecule has 10 heteroatoms. The number of aryl methyl sites for hydroxylation is 1. The van der Waals surface area contributed by atoms with E-state index in [1.807, 2.05) is 99.6 Å². The Morgan fingerprint density at radius 3 is 1.98 bits per heavy atom. The van der Waals surface area contributed by atoms with E-state index in [0.717, 1.165) is 32.6 Å². The van der Waals surface area contributed by atoms with Gasteiger partial charge in [-0.05, 0) is 48.8 Å². The van der Waals surface area contributed by atoms with Crippen LogP contribution in [0.4, 0.5) is 0 Å². The Labute approximate surface area is 277 Å². The number of nitrogens with one attached hydrogen (secondary N) is 3. The van der Waals surface area contributed by atoms with Gasteiger partial charge in [0.05, 0.1) is 14.6 Å². The number of aromatic nitrogens is 1. The molecule has 0 saturated heterocycles. The molecular weight excluding hydrogens is 613 g/mol. The van der Waals surface area contributed by atoms with Crippen LogP contribution in [0.2, 0.25) is 0 Å². The van der Waals surface area contributed by atoms with Crippen LogP contribution in [0.5, 0.6) is 0 Å². The number of carboxylic acids is 1. The summed E-state index contributed by atoms with van der Waals surface area (Å²) in [5.74, 6) is -2.57. The summed E-state index contributed by atoms with van der Waals surface area (Å²) in [4.78, 5) is 56.0. The molecule has 1 unspecified atom stereocenters. The molecule has 0 aliphatic rings. The van der Waals surface area contributed by atoms with Gasteiger partial charge in [0, 0.05) is 21.5 Å². The molecule has 0 aliphatic heterocycles. The second-order valence-electron chi connectivity index (χ2n) is 12.6. The van der Waals surface area contributed by atoms with E-state index in [4.69, 9.17) is 4.52 Å². The maximum atomic E-state index is 13.8. The molecule has 1 heterocycles. The maximum absolute atomic E-state index is 13.8. The van der Waals surface area contributed by atoms with Gasteiger partial charge < -0.3 is 25.2 Å². The van der Waals surface area contributed by atoms with E-state index in [2.05, 4.69) is 29.5 Å². The number of benzene rings is 3. The maximum Gasteiger partial charge on any atom is 0.305 e. The predicted octanol–water partition coefficient (Wildman–Crippen LogP) is 5.41. The van der Waals surface area contributed by atoms with Gasteiger partial charge in [0.2, 0.25) is 5.91 Å². The van der Waals surface area contributed by atoms with Crippen molar-refractivity contribution in [3.8, 4) is 0 Å². The smallest absolute Gasteiger partial charge is 0.305 e. The van der Waals surface area contributed by atoms with Gasteiger partial charge >= 0.3 is 5.97 Å². The number of hydrogen-bond acceptors (Lipinski definition) is 5. The van der Waals surface area contributed by atoms with E-state index in [0.29, 0.717) is 12.1 Å². The first-order chi connectivity index (χ1) is 22.4. The summed E-state index contributed by atoms with van der Waals surface area (Å²) in [5.41, 5.74) is 3.17. The van der Waals surface area contributed by atoms with Crippen molar-refractivity contribution in [1.82, 2.24) is 15.6 Å². The Hall–Kier alpha value is -4.33. The fourth-order valence-corrected chi connectivity index (χ4v) is 7.33. The lowest BCUT2D eigenvalue weighted by Crippen LogP contribution is -2.53. The van der Waals surface area contributed by atoms with Gasteiger partial charge in [-0.2, -0.15) is 0 Å². The minimum Gasteiger partial charge on any atom is -0.481 e. The number of Topliss-reactive ketones (excluding diaryl/α,β-unsaturated/α-hetero) is 1. The van der Waals surface area contributed by atoms with Gasteiger partial charge in [0.15, 0.2) is 5.78 Å². The van der Waals surface area contributed by atoms with Crippen molar-refractivity contribution in [3.05, 3.63) is 95.7 Å². The van der Waals surface area contributed by atoms with Gasteiger partial charge in [-0.25, -0.2) is 0 Å². The Morgan fingerprint density at radius 1 is 0.809 bits per heavy atom. The summed E-state index contributed by atoms with van der Waals surface area (Å²) in [7, 11) is -1.37. The Kier molecular flexibility index (Phi) is 12.5. The van der Waals surface area contributed by atoms with Crippen LogP contribution >= 0.6 is 8.15 Å². The Morgan fingerprint density at radius 2 is 1.43 bits per heavy atom. The van der Waals surface area contributed by atoms with Crippen molar-refractivity contribution in [3.63, 3.8) is 0 Å². The second kappa shape index (κ2) is 16.5. The summed E-state index contributed by atoms with van der Waals surface area (Å²) in [6, 6.07) is 22.5. The number of carbonyl (C=O) groups excluding carboxylic acids is 3. The third kappa shape index (κ3) is 9.60. The topological polar surface area (TPSA) is 138 Å². The van der Waals surface area contributed by atoms with Crippen LogP contribution < -0.4 is 21.2 Å². The molecule has 4 aromatic rings. The Balaban J connectivity index is 1.54. The van der Waals surface area contributed by atoms with Crippen LogP contribution in [0.15, 0.2) is 78.9 Å². The number of hydrogen-bond donors (Lipinski definition) is 4. The zero-order valence-electron chi connectivity index (χ0n) is 27.6. The van der Waals surface area contributed by atoms with E-state index >= 15 is 0 Å². The number of aliphatic carboxylic acids is 1. The number of ketones is 1. The summed E-state index contributed by atoms with van der Waals surface area (Å²) >= 11 is 0. The SMILES string of the molecule is Cc1cccc2[nH]c(C(=O)N[C@@H](CC(C)C)C(=O)NC(CC(=O)O)C(=O)COP(c3ccccc3)c3ccccc3)c(CC(C)C)c12. The summed E-state index contributed by atoms with van der Waals surface area (Å²) in [6.07, 6.45) is 0.331. The quantitative estimate of drug-likeness (QED) is 0.119. The normalized spacial score (nSPS) is 12.8. The van der Waals surface area contributed by atoms with E-state index in [9.17, 15) is 24.3 Å². The molecule has 2 amide bonds. The third-order valence-corrected chi connectivity index (χ3v) is 9.63. The van der Waals surface area contributed by atoms with Gasteiger partial charge in [0.1, 0.15) is 24.4 Å². The van der Waals surface area contributed by atoms with Crippen molar-refractivity contribution >= 4 is 53.2 Å². The summed E-state index contributed by atoms with van der Waals surface area (Å²) < 4.78 is 6.15. The van der Waals surface area contributed by atoms with Gasteiger partial charge in [-0.3, -0.25) is 19.2 Å².